The number of carbonyl (C=O) groups is 2. The maximum atomic E-state index is 14.0. The molecule has 1 unspecified atom stereocenters. The Morgan fingerprint density at radius 2 is 1.70 bits per heavy atom. The molecule has 12 heteroatoms. The van der Waals surface area contributed by atoms with Crippen molar-refractivity contribution in [1.82, 2.24) is 29.9 Å². The molecule has 1 atom stereocenters. The van der Waals surface area contributed by atoms with Gasteiger partial charge >= 0.3 is 0 Å². The molecule has 0 saturated carbocycles. The highest BCUT2D eigenvalue weighted by Gasteiger charge is 2.26. The van der Waals surface area contributed by atoms with Gasteiger partial charge in [-0.05, 0) is 65.2 Å². The second-order valence-corrected chi connectivity index (χ2v) is 10.6. The minimum Gasteiger partial charge on any atom is -0.339 e. The lowest BCUT2D eigenvalue weighted by Crippen LogP contribution is -2.45. The van der Waals surface area contributed by atoms with E-state index in [1.165, 1.54) is 23.0 Å². The summed E-state index contributed by atoms with van der Waals surface area (Å²) in [5.74, 6) is -3.31. The van der Waals surface area contributed by atoms with Crippen LogP contribution < -0.4 is 10.6 Å². The molecule has 0 aliphatic heterocycles. The lowest BCUT2D eigenvalue weighted by Gasteiger charge is -2.20. The zero-order chi connectivity index (χ0) is 30.7. The Hall–Kier alpha value is -4.90. The Labute approximate surface area is 251 Å². The van der Waals surface area contributed by atoms with E-state index < -0.39 is 23.8 Å². The van der Waals surface area contributed by atoms with E-state index in [2.05, 4.69) is 25.9 Å². The SMILES string of the molecule is Cn1cnnc1-c1ccc(NC(=O)C(Cc2cc(-c3cccc(C(C)(F)F)c3)ccc2Cl)NC(=O)c2ccnn2C)cc1. The number of aryl methyl sites for hydroxylation is 2. The van der Waals surface area contributed by atoms with Gasteiger partial charge < -0.3 is 15.2 Å². The quantitative estimate of drug-likeness (QED) is 0.227. The van der Waals surface area contributed by atoms with Crippen LogP contribution in [0.5, 0.6) is 0 Å². The summed E-state index contributed by atoms with van der Waals surface area (Å²) >= 11 is 6.55. The number of anilines is 1. The van der Waals surface area contributed by atoms with Crippen LogP contribution in [0.2, 0.25) is 5.02 Å². The van der Waals surface area contributed by atoms with Crippen molar-refractivity contribution in [2.75, 3.05) is 5.32 Å². The summed E-state index contributed by atoms with van der Waals surface area (Å²) in [5.41, 5.74) is 3.23. The second-order valence-electron chi connectivity index (χ2n) is 10.2. The van der Waals surface area contributed by atoms with Crippen molar-refractivity contribution in [2.45, 2.75) is 25.3 Å². The minimum atomic E-state index is -3.00. The van der Waals surface area contributed by atoms with Crippen molar-refractivity contribution in [3.8, 4) is 22.5 Å². The summed E-state index contributed by atoms with van der Waals surface area (Å²) in [6, 6.07) is 18.7. The first-order chi connectivity index (χ1) is 20.5. The third-order valence-corrected chi connectivity index (χ3v) is 7.34. The van der Waals surface area contributed by atoms with Gasteiger partial charge in [0.05, 0.1) is 0 Å². The molecule has 5 rings (SSSR count). The van der Waals surface area contributed by atoms with Crippen molar-refractivity contribution >= 4 is 29.1 Å². The fourth-order valence-corrected chi connectivity index (χ4v) is 4.81. The second kappa shape index (κ2) is 12.1. The molecule has 0 aliphatic rings. The van der Waals surface area contributed by atoms with Gasteiger partial charge in [0.2, 0.25) is 5.91 Å². The molecule has 43 heavy (non-hydrogen) atoms. The number of aromatic nitrogens is 5. The molecule has 5 aromatic rings. The first kappa shape index (κ1) is 29.6. The lowest BCUT2D eigenvalue weighted by molar-refractivity contribution is -0.118. The first-order valence-electron chi connectivity index (χ1n) is 13.3. The fourth-order valence-electron chi connectivity index (χ4n) is 4.62. The summed E-state index contributed by atoms with van der Waals surface area (Å²) in [4.78, 5) is 26.7. The molecule has 2 aromatic heterocycles. The van der Waals surface area contributed by atoms with Crippen LogP contribution in [0, 0.1) is 0 Å². The standard InChI is InChI=1S/C31H28ClF2N7O2/c1-31(33,34)23-6-4-5-20(16-23)21-9-12-25(32)22(15-21)17-26(38-30(43)27-13-14-36-41(27)3)29(42)37-24-10-7-19(8-11-24)28-39-35-18-40(28)2/h4-16,18,26H,17H2,1-3H3,(H,37,42)(H,38,43). The maximum Gasteiger partial charge on any atom is 0.270 e. The summed E-state index contributed by atoms with van der Waals surface area (Å²) in [5, 5.41) is 18.0. The number of nitrogens with zero attached hydrogens (tertiary/aromatic N) is 5. The predicted octanol–water partition coefficient (Wildman–Crippen LogP) is 5.63. The highest BCUT2D eigenvalue weighted by Crippen LogP contribution is 2.32. The van der Waals surface area contributed by atoms with E-state index in [-0.39, 0.29) is 17.7 Å². The van der Waals surface area contributed by atoms with Gasteiger partial charge in [0, 0.05) is 55.5 Å². The van der Waals surface area contributed by atoms with Gasteiger partial charge in [-0.3, -0.25) is 14.3 Å². The van der Waals surface area contributed by atoms with Crippen LogP contribution in [0.1, 0.15) is 28.5 Å². The zero-order valence-corrected chi connectivity index (χ0v) is 24.3. The molecule has 3 aromatic carbocycles. The molecular formula is C31H28ClF2N7O2. The minimum absolute atomic E-state index is 0.0305. The van der Waals surface area contributed by atoms with Gasteiger partial charge in [0.15, 0.2) is 5.82 Å². The number of halogens is 3. The van der Waals surface area contributed by atoms with E-state index in [0.717, 1.165) is 12.5 Å². The van der Waals surface area contributed by atoms with Gasteiger partial charge in [-0.2, -0.15) is 5.10 Å². The average molecular weight is 604 g/mol. The highest BCUT2D eigenvalue weighted by molar-refractivity contribution is 6.31. The molecule has 220 valence electrons. The Morgan fingerprint density at radius 3 is 2.35 bits per heavy atom. The third-order valence-electron chi connectivity index (χ3n) is 6.97. The normalized spacial score (nSPS) is 12.1. The van der Waals surface area contributed by atoms with Gasteiger partial charge in [-0.15, -0.1) is 10.2 Å². The van der Waals surface area contributed by atoms with Gasteiger partial charge in [0.25, 0.3) is 11.8 Å². The maximum absolute atomic E-state index is 14.0. The van der Waals surface area contributed by atoms with Crippen LogP contribution in [-0.4, -0.2) is 42.4 Å². The number of amides is 2. The van der Waals surface area contributed by atoms with Crippen molar-refractivity contribution in [1.29, 1.82) is 0 Å². The van der Waals surface area contributed by atoms with E-state index in [4.69, 9.17) is 11.6 Å². The molecule has 0 saturated heterocycles. The van der Waals surface area contributed by atoms with Crippen molar-refractivity contribution in [2.24, 2.45) is 14.1 Å². The molecule has 2 amide bonds. The van der Waals surface area contributed by atoms with Gasteiger partial charge in [-0.25, -0.2) is 8.78 Å². The fraction of sp³-hybridized carbons (Fsp3) is 0.194. The summed E-state index contributed by atoms with van der Waals surface area (Å²) in [6.45, 7) is 0.844. The van der Waals surface area contributed by atoms with Crippen molar-refractivity contribution in [3.63, 3.8) is 0 Å². The molecule has 0 radical (unpaired) electrons. The molecule has 2 N–H and O–H groups in total. The van der Waals surface area contributed by atoms with E-state index >= 15 is 0 Å². The molecule has 0 fully saturated rings. The van der Waals surface area contributed by atoms with Crippen LogP contribution in [0.15, 0.2) is 85.3 Å². The number of carbonyl (C=O) groups excluding carboxylic acids is 2. The van der Waals surface area contributed by atoms with Crippen molar-refractivity contribution in [3.05, 3.63) is 107 Å². The highest BCUT2D eigenvalue weighted by atomic mass is 35.5. The summed E-state index contributed by atoms with van der Waals surface area (Å²) < 4.78 is 31.2. The predicted molar refractivity (Wildman–Crippen MR) is 160 cm³/mol. The molecule has 0 aliphatic carbocycles. The van der Waals surface area contributed by atoms with Crippen LogP contribution in [0.3, 0.4) is 0 Å². The third kappa shape index (κ3) is 6.78. The Morgan fingerprint density at radius 1 is 0.977 bits per heavy atom. The number of alkyl halides is 2. The zero-order valence-electron chi connectivity index (χ0n) is 23.6. The molecule has 9 nitrogen and oxygen atoms in total. The summed E-state index contributed by atoms with van der Waals surface area (Å²) in [7, 11) is 3.45. The van der Waals surface area contributed by atoms with Crippen molar-refractivity contribution < 1.29 is 18.4 Å². The monoisotopic (exact) mass is 603 g/mol. The number of hydrogen-bond acceptors (Lipinski definition) is 5. The first-order valence-corrected chi connectivity index (χ1v) is 13.7. The van der Waals surface area contributed by atoms with Crippen LogP contribution in [0.4, 0.5) is 14.5 Å². The Bertz CT molecular complexity index is 1780. The van der Waals surface area contributed by atoms with Crippen LogP contribution >= 0.6 is 11.6 Å². The molecule has 0 bridgehead atoms. The average Bonchev–Trinajstić information content (AvgIpc) is 3.61. The van der Waals surface area contributed by atoms with Gasteiger partial charge in [-0.1, -0.05) is 35.9 Å². The summed E-state index contributed by atoms with van der Waals surface area (Å²) in [6.07, 6.45) is 3.11. The molecular weight excluding hydrogens is 576 g/mol. The number of hydrogen-bond donors (Lipinski definition) is 2. The Kier molecular flexibility index (Phi) is 8.36. The molecule has 0 spiro atoms. The molecule has 2 heterocycles. The smallest absolute Gasteiger partial charge is 0.270 e. The number of nitrogens with one attached hydrogen (secondary N) is 2. The van der Waals surface area contributed by atoms with Crippen LogP contribution in [-0.2, 0) is 31.2 Å². The Balaban J connectivity index is 1.42. The number of benzene rings is 3. The van der Waals surface area contributed by atoms with E-state index in [1.807, 2.05) is 7.05 Å². The van der Waals surface area contributed by atoms with E-state index in [9.17, 15) is 18.4 Å². The van der Waals surface area contributed by atoms with E-state index in [1.54, 1.807) is 78.6 Å². The topological polar surface area (TPSA) is 107 Å². The van der Waals surface area contributed by atoms with E-state index in [0.29, 0.717) is 33.2 Å². The van der Waals surface area contributed by atoms with Crippen LogP contribution in [0.25, 0.3) is 22.5 Å². The van der Waals surface area contributed by atoms with Gasteiger partial charge in [0.1, 0.15) is 18.1 Å². The number of rotatable bonds is 9. The largest absolute Gasteiger partial charge is 0.339 e. The lowest BCUT2D eigenvalue weighted by atomic mass is 9.96.